The van der Waals surface area contributed by atoms with Crippen LogP contribution in [0.5, 0.6) is 0 Å². The van der Waals surface area contributed by atoms with Crippen molar-refractivity contribution in [3.8, 4) is 0 Å². The Morgan fingerprint density at radius 3 is 2.39 bits per heavy atom. The summed E-state index contributed by atoms with van der Waals surface area (Å²) >= 11 is 0. The SMILES string of the molecule is CC(C)CN(CCN(C)C)C(=O)C1CCCC1N. The van der Waals surface area contributed by atoms with E-state index < -0.39 is 0 Å². The maximum absolute atomic E-state index is 12.5. The lowest BCUT2D eigenvalue weighted by Crippen LogP contribution is -2.45. The average molecular weight is 255 g/mol. The summed E-state index contributed by atoms with van der Waals surface area (Å²) in [5.41, 5.74) is 6.05. The number of likely N-dealkylation sites (N-methyl/N-ethyl adjacent to an activating group) is 1. The van der Waals surface area contributed by atoms with Crippen molar-refractivity contribution in [1.82, 2.24) is 9.80 Å². The Balaban J connectivity index is 2.59. The van der Waals surface area contributed by atoms with Gasteiger partial charge < -0.3 is 15.5 Å². The summed E-state index contributed by atoms with van der Waals surface area (Å²) in [5, 5.41) is 0. The van der Waals surface area contributed by atoms with Crippen LogP contribution in [-0.4, -0.2) is 55.5 Å². The van der Waals surface area contributed by atoms with Crippen LogP contribution in [-0.2, 0) is 4.79 Å². The Hall–Kier alpha value is -0.610. The Bertz CT molecular complexity index is 266. The predicted octanol–water partition coefficient (Wildman–Crippen LogP) is 1.16. The van der Waals surface area contributed by atoms with E-state index in [1.165, 1.54) is 0 Å². The maximum Gasteiger partial charge on any atom is 0.227 e. The number of nitrogens with zero attached hydrogens (tertiary/aromatic N) is 2. The lowest BCUT2D eigenvalue weighted by Gasteiger charge is -2.29. The molecule has 4 heteroatoms. The lowest BCUT2D eigenvalue weighted by molar-refractivity contribution is -0.136. The van der Waals surface area contributed by atoms with Crippen molar-refractivity contribution in [2.75, 3.05) is 33.7 Å². The van der Waals surface area contributed by atoms with Gasteiger partial charge in [-0.25, -0.2) is 0 Å². The monoisotopic (exact) mass is 255 g/mol. The fourth-order valence-corrected chi connectivity index (χ4v) is 2.58. The van der Waals surface area contributed by atoms with Crippen LogP contribution in [0.3, 0.4) is 0 Å². The zero-order valence-electron chi connectivity index (χ0n) is 12.4. The molecule has 0 aromatic heterocycles. The summed E-state index contributed by atoms with van der Waals surface area (Å²) in [4.78, 5) is 16.7. The van der Waals surface area contributed by atoms with Gasteiger partial charge >= 0.3 is 0 Å². The molecule has 0 spiro atoms. The quantitative estimate of drug-likeness (QED) is 0.775. The third-order valence-electron chi connectivity index (χ3n) is 3.60. The summed E-state index contributed by atoms with van der Waals surface area (Å²) in [5.74, 6) is 0.843. The summed E-state index contributed by atoms with van der Waals surface area (Å²) in [7, 11) is 4.08. The van der Waals surface area contributed by atoms with Gasteiger partial charge in [-0.05, 0) is 32.9 Å². The molecular weight excluding hydrogens is 226 g/mol. The molecule has 1 saturated carbocycles. The number of nitrogens with two attached hydrogens (primary N) is 1. The van der Waals surface area contributed by atoms with Gasteiger partial charge in [0.15, 0.2) is 0 Å². The van der Waals surface area contributed by atoms with Crippen LogP contribution < -0.4 is 5.73 Å². The van der Waals surface area contributed by atoms with Crippen LogP contribution in [0.25, 0.3) is 0 Å². The minimum absolute atomic E-state index is 0.0610. The van der Waals surface area contributed by atoms with Crippen molar-refractivity contribution in [2.45, 2.75) is 39.2 Å². The summed E-state index contributed by atoms with van der Waals surface area (Å²) in [6.45, 7) is 6.89. The van der Waals surface area contributed by atoms with Gasteiger partial charge in [0.2, 0.25) is 5.91 Å². The first kappa shape index (κ1) is 15.4. The Morgan fingerprint density at radius 2 is 1.94 bits per heavy atom. The van der Waals surface area contributed by atoms with Crippen LogP contribution in [0.15, 0.2) is 0 Å². The minimum atomic E-state index is 0.0610. The molecule has 18 heavy (non-hydrogen) atoms. The van der Waals surface area contributed by atoms with Gasteiger partial charge in [-0.15, -0.1) is 0 Å². The molecule has 2 N–H and O–H groups in total. The number of carbonyl (C=O) groups excluding carboxylic acids is 1. The smallest absolute Gasteiger partial charge is 0.227 e. The minimum Gasteiger partial charge on any atom is -0.341 e. The molecule has 1 aliphatic carbocycles. The molecule has 4 nitrogen and oxygen atoms in total. The molecule has 0 heterocycles. The van der Waals surface area contributed by atoms with Crippen molar-refractivity contribution in [2.24, 2.45) is 17.6 Å². The van der Waals surface area contributed by atoms with E-state index >= 15 is 0 Å². The molecule has 1 aliphatic rings. The van der Waals surface area contributed by atoms with E-state index in [0.717, 1.165) is 38.9 Å². The second kappa shape index (κ2) is 7.10. The number of amides is 1. The van der Waals surface area contributed by atoms with Gasteiger partial charge in [0.25, 0.3) is 0 Å². The van der Waals surface area contributed by atoms with Crippen molar-refractivity contribution < 1.29 is 4.79 Å². The molecule has 2 unspecified atom stereocenters. The summed E-state index contributed by atoms with van der Waals surface area (Å²) in [6.07, 6.45) is 3.07. The van der Waals surface area contributed by atoms with E-state index in [1.807, 2.05) is 19.0 Å². The largest absolute Gasteiger partial charge is 0.341 e. The molecule has 0 aromatic rings. The van der Waals surface area contributed by atoms with Crippen molar-refractivity contribution >= 4 is 5.91 Å². The van der Waals surface area contributed by atoms with E-state index in [-0.39, 0.29) is 17.9 Å². The number of hydrogen-bond donors (Lipinski definition) is 1. The van der Waals surface area contributed by atoms with Gasteiger partial charge in [-0.2, -0.15) is 0 Å². The van der Waals surface area contributed by atoms with Gasteiger partial charge in [0.05, 0.1) is 5.92 Å². The molecule has 1 amide bonds. The highest BCUT2D eigenvalue weighted by Gasteiger charge is 2.33. The zero-order valence-corrected chi connectivity index (χ0v) is 12.4. The van der Waals surface area contributed by atoms with Gasteiger partial charge in [0, 0.05) is 25.7 Å². The highest BCUT2D eigenvalue weighted by atomic mass is 16.2. The van der Waals surface area contributed by atoms with E-state index in [1.54, 1.807) is 0 Å². The second-order valence-electron chi connectivity index (χ2n) is 6.18. The molecule has 0 bridgehead atoms. The standard InChI is InChI=1S/C14H29N3O/c1-11(2)10-17(9-8-16(3)4)14(18)12-6-5-7-13(12)15/h11-13H,5-10,15H2,1-4H3. The second-order valence-corrected chi connectivity index (χ2v) is 6.18. The van der Waals surface area contributed by atoms with E-state index in [0.29, 0.717) is 5.92 Å². The summed E-state index contributed by atoms with van der Waals surface area (Å²) in [6, 6.07) is 0.0755. The molecule has 1 rings (SSSR count). The molecule has 0 saturated heterocycles. The van der Waals surface area contributed by atoms with E-state index in [9.17, 15) is 4.79 Å². The molecule has 1 fully saturated rings. The number of hydrogen-bond acceptors (Lipinski definition) is 3. The first-order valence-corrected chi connectivity index (χ1v) is 7.11. The fraction of sp³-hybridized carbons (Fsp3) is 0.929. The molecular formula is C14H29N3O. The topological polar surface area (TPSA) is 49.6 Å². The highest BCUT2D eigenvalue weighted by Crippen LogP contribution is 2.26. The normalized spacial score (nSPS) is 23.9. The van der Waals surface area contributed by atoms with Crippen LogP contribution >= 0.6 is 0 Å². The van der Waals surface area contributed by atoms with Crippen LogP contribution in [0.4, 0.5) is 0 Å². The predicted molar refractivity (Wildman–Crippen MR) is 75.3 cm³/mol. The first-order chi connectivity index (χ1) is 8.41. The molecule has 106 valence electrons. The third kappa shape index (κ3) is 4.58. The van der Waals surface area contributed by atoms with Crippen molar-refractivity contribution in [1.29, 1.82) is 0 Å². The number of carbonyl (C=O) groups is 1. The Kier molecular flexibility index (Phi) is 6.09. The molecule has 2 atom stereocenters. The van der Waals surface area contributed by atoms with Gasteiger partial charge in [-0.3, -0.25) is 4.79 Å². The van der Waals surface area contributed by atoms with Crippen LogP contribution in [0, 0.1) is 11.8 Å². The fourth-order valence-electron chi connectivity index (χ4n) is 2.58. The summed E-state index contributed by atoms with van der Waals surface area (Å²) < 4.78 is 0. The van der Waals surface area contributed by atoms with Gasteiger partial charge in [0.1, 0.15) is 0 Å². The van der Waals surface area contributed by atoms with Crippen molar-refractivity contribution in [3.63, 3.8) is 0 Å². The maximum atomic E-state index is 12.5. The first-order valence-electron chi connectivity index (χ1n) is 7.11. The average Bonchev–Trinajstić information content (AvgIpc) is 2.69. The van der Waals surface area contributed by atoms with Crippen LogP contribution in [0.2, 0.25) is 0 Å². The van der Waals surface area contributed by atoms with E-state index in [4.69, 9.17) is 5.73 Å². The van der Waals surface area contributed by atoms with Crippen molar-refractivity contribution in [3.05, 3.63) is 0 Å². The van der Waals surface area contributed by atoms with E-state index in [2.05, 4.69) is 18.7 Å². The lowest BCUT2D eigenvalue weighted by atomic mass is 10.0. The Morgan fingerprint density at radius 1 is 1.28 bits per heavy atom. The van der Waals surface area contributed by atoms with Gasteiger partial charge in [-0.1, -0.05) is 20.3 Å². The number of rotatable bonds is 6. The third-order valence-corrected chi connectivity index (χ3v) is 3.60. The molecule has 0 aromatic carbocycles. The highest BCUT2D eigenvalue weighted by molar-refractivity contribution is 5.80. The van der Waals surface area contributed by atoms with Crippen LogP contribution in [0.1, 0.15) is 33.1 Å². The zero-order chi connectivity index (χ0) is 13.7. The molecule has 0 radical (unpaired) electrons. The molecule has 0 aliphatic heterocycles. The Labute approximate surface area is 111 Å².